The lowest BCUT2D eigenvalue weighted by Gasteiger charge is -2.17. The Morgan fingerprint density at radius 2 is 2.21 bits per heavy atom. The van der Waals surface area contributed by atoms with Gasteiger partial charge < -0.3 is 0 Å². The van der Waals surface area contributed by atoms with Crippen molar-refractivity contribution in [2.75, 3.05) is 0 Å². The number of aryl methyl sites for hydroxylation is 2. The molecule has 1 atom stereocenters. The summed E-state index contributed by atoms with van der Waals surface area (Å²) in [7, 11) is 1.85. The SMILES string of the molecule is Cc1cc(CC(NN)c2cc(Cl)ccc2F)n(C)n1. The number of aromatic nitrogens is 2. The number of nitrogens with one attached hydrogen (secondary N) is 1. The van der Waals surface area contributed by atoms with Crippen LogP contribution in [-0.4, -0.2) is 9.78 Å². The highest BCUT2D eigenvalue weighted by atomic mass is 35.5. The number of hydrogen-bond acceptors (Lipinski definition) is 3. The minimum absolute atomic E-state index is 0.328. The fourth-order valence-electron chi connectivity index (χ4n) is 2.10. The molecule has 0 aliphatic carbocycles. The average Bonchev–Trinajstić information content (AvgIpc) is 2.68. The lowest BCUT2D eigenvalue weighted by molar-refractivity contribution is 0.497. The summed E-state index contributed by atoms with van der Waals surface area (Å²) in [6, 6.07) is 6.05. The Hall–Kier alpha value is -1.43. The number of benzene rings is 1. The van der Waals surface area contributed by atoms with Crippen LogP contribution in [0.3, 0.4) is 0 Å². The molecule has 0 fully saturated rings. The maximum Gasteiger partial charge on any atom is 0.128 e. The molecule has 2 rings (SSSR count). The highest BCUT2D eigenvalue weighted by Gasteiger charge is 2.17. The number of rotatable bonds is 4. The van der Waals surface area contributed by atoms with E-state index >= 15 is 0 Å². The highest BCUT2D eigenvalue weighted by molar-refractivity contribution is 6.30. The van der Waals surface area contributed by atoms with Gasteiger partial charge in [-0.15, -0.1) is 0 Å². The quantitative estimate of drug-likeness (QED) is 0.668. The van der Waals surface area contributed by atoms with Crippen molar-refractivity contribution in [1.29, 1.82) is 0 Å². The molecule has 0 aliphatic rings. The topological polar surface area (TPSA) is 55.9 Å². The van der Waals surface area contributed by atoms with Crippen molar-refractivity contribution in [3.8, 4) is 0 Å². The Balaban J connectivity index is 2.30. The van der Waals surface area contributed by atoms with E-state index in [0.717, 1.165) is 11.4 Å². The minimum Gasteiger partial charge on any atom is -0.272 e. The second-order valence-corrected chi connectivity index (χ2v) is 4.93. The van der Waals surface area contributed by atoms with Gasteiger partial charge in [0.15, 0.2) is 0 Å². The Bertz CT molecular complexity index is 582. The van der Waals surface area contributed by atoms with Crippen LogP contribution in [0.25, 0.3) is 0 Å². The van der Waals surface area contributed by atoms with E-state index in [0.29, 0.717) is 17.0 Å². The molecule has 1 aromatic heterocycles. The van der Waals surface area contributed by atoms with Crippen LogP contribution in [0.4, 0.5) is 4.39 Å². The van der Waals surface area contributed by atoms with E-state index in [1.165, 1.54) is 12.1 Å². The van der Waals surface area contributed by atoms with Crippen molar-refractivity contribution in [3.05, 3.63) is 52.1 Å². The van der Waals surface area contributed by atoms with Crippen LogP contribution in [0.2, 0.25) is 5.02 Å². The molecule has 0 saturated carbocycles. The maximum absolute atomic E-state index is 13.8. The fourth-order valence-corrected chi connectivity index (χ4v) is 2.29. The van der Waals surface area contributed by atoms with Gasteiger partial charge in [0.2, 0.25) is 0 Å². The molecule has 2 aromatic rings. The van der Waals surface area contributed by atoms with Gasteiger partial charge in [0.05, 0.1) is 11.7 Å². The zero-order chi connectivity index (χ0) is 14.0. The van der Waals surface area contributed by atoms with Gasteiger partial charge in [0.25, 0.3) is 0 Å². The summed E-state index contributed by atoms with van der Waals surface area (Å²) in [6.45, 7) is 1.91. The van der Waals surface area contributed by atoms with Crippen LogP contribution < -0.4 is 11.3 Å². The Morgan fingerprint density at radius 3 is 2.79 bits per heavy atom. The molecule has 0 aliphatic heterocycles. The molecular formula is C13H16ClFN4. The normalized spacial score (nSPS) is 12.7. The Morgan fingerprint density at radius 1 is 1.47 bits per heavy atom. The van der Waals surface area contributed by atoms with Crippen molar-refractivity contribution in [2.24, 2.45) is 12.9 Å². The third kappa shape index (κ3) is 3.12. The van der Waals surface area contributed by atoms with Gasteiger partial charge in [-0.2, -0.15) is 5.10 Å². The van der Waals surface area contributed by atoms with Crippen molar-refractivity contribution < 1.29 is 4.39 Å². The summed E-state index contributed by atoms with van der Waals surface area (Å²) in [5, 5.41) is 4.74. The zero-order valence-electron chi connectivity index (χ0n) is 10.8. The monoisotopic (exact) mass is 282 g/mol. The number of hydrazine groups is 1. The summed E-state index contributed by atoms with van der Waals surface area (Å²) >= 11 is 5.90. The number of halogens is 2. The molecule has 102 valence electrons. The first-order valence-corrected chi connectivity index (χ1v) is 6.29. The van der Waals surface area contributed by atoms with Crippen LogP contribution >= 0.6 is 11.6 Å². The molecule has 0 saturated heterocycles. The van der Waals surface area contributed by atoms with Crippen LogP contribution in [0.15, 0.2) is 24.3 Å². The predicted octanol–water partition coefficient (Wildman–Crippen LogP) is 2.27. The summed E-state index contributed by atoms with van der Waals surface area (Å²) in [5.41, 5.74) is 4.97. The van der Waals surface area contributed by atoms with E-state index in [1.54, 1.807) is 10.7 Å². The summed E-state index contributed by atoms with van der Waals surface area (Å²) in [4.78, 5) is 0. The Kier molecular flexibility index (Phi) is 4.19. The van der Waals surface area contributed by atoms with Gasteiger partial charge in [-0.25, -0.2) is 4.39 Å². The summed E-state index contributed by atoms with van der Waals surface area (Å²) in [6.07, 6.45) is 0.533. The average molecular weight is 283 g/mol. The van der Waals surface area contributed by atoms with Gasteiger partial charge in [-0.3, -0.25) is 16.0 Å². The molecule has 1 heterocycles. The first kappa shape index (κ1) is 14.0. The van der Waals surface area contributed by atoms with E-state index in [2.05, 4.69) is 10.5 Å². The molecular weight excluding hydrogens is 267 g/mol. The van der Waals surface area contributed by atoms with Gasteiger partial charge in [0.1, 0.15) is 5.82 Å². The lowest BCUT2D eigenvalue weighted by Crippen LogP contribution is -2.30. The molecule has 1 aromatic carbocycles. The maximum atomic E-state index is 13.8. The lowest BCUT2D eigenvalue weighted by atomic mass is 10.0. The smallest absolute Gasteiger partial charge is 0.128 e. The number of nitrogens with two attached hydrogens (primary N) is 1. The molecule has 1 unspecified atom stereocenters. The van der Waals surface area contributed by atoms with Crippen molar-refractivity contribution in [2.45, 2.75) is 19.4 Å². The number of hydrogen-bond donors (Lipinski definition) is 2. The van der Waals surface area contributed by atoms with E-state index < -0.39 is 0 Å². The van der Waals surface area contributed by atoms with Crippen molar-refractivity contribution in [3.63, 3.8) is 0 Å². The van der Waals surface area contributed by atoms with Gasteiger partial charge in [0, 0.05) is 29.7 Å². The molecule has 3 N–H and O–H groups in total. The van der Waals surface area contributed by atoms with Gasteiger partial charge in [-0.05, 0) is 31.2 Å². The van der Waals surface area contributed by atoms with Crippen LogP contribution in [0, 0.1) is 12.7 Å². The van der Waals surface area contributed by atoms with Crippen LogP contribution in [0.1, 0.15) is 23.0 Å². The first-order chi connectivity index (χ1) is 9.01. The molecule has 6 heteroatoms. The summed E-state index contributed by atoms with van der Waals surface area (Å²) < 4.78 is 15.6. The largest absolute Gasteiger partial charge is 0.272 e. The second-order valence-electron chi connectivity index (χ2n) is 4.49. The molecule has 0 radical (unpaired) electrons. The molecule has 0 spiro atoms. The third-order valence-electron chi connectivity index (χ3n) is 3.05. The van der Waals surface area contributed by atoms with Gasteiger partial charge >= 0.3 is 0 Å². The third-order valence-corrected chi connectivity index (χ3v) is 3.28. The van der Waals surface area contributed by atoms with E-state index in [1.807, 2.05) is 20.0 Å². The Labute approximate surface area is 116 Å². The second kappa shape index (κ2) is 5.69. The first-order valence-electron chi connectivity index (χ1n) is 5.92. The number of nitrogens with zero attached hydrogens (tertiary/aromatic N) is 2. The minimum atomic E-state index is -0.353. The molecule has 19 heavy (non-hydrogen) atoms. The molecule has 0 bridgehead atoms. The van der Waals surface area contributed by atoms with E-state index in [9.17, 15) is 4.39 Å². The summed E-state index contributed by atoms with van der Waals surface area (Å²) in [5.74, 6) is 5.21. The fraction of sp³-hybridized carbons (Fsp3) is 0.308. The zero-order valence-corrected chi connectivity index (χ0v) is 11.6. The standard InChI is InChI=1S/C13H16ClFN4/c1-8-5-10(19(2)18-8)7-13(17-16)11-6-9(14)3-4-12(11)15/h3-6,13,17H,7,16H2,1-2H3. The van der Waals surface area contributed by atoms with Crippen molar-refractivity contribution in [1.82, 2.24) is 15.2 Å². The predicted molar refractivity (Wildman–Crippen MR) is 73.1 cm³/mol. The van der Waals surface area contributed by atoms with Crippen LogP contribution in [0.5, 0.6) is 0 Å². The highest BCUT2D eigenvalue weighted by Crippen LogP contribution is 2.24. The van der Waals surface area contributed by atoms with E-state index in [-0.39, 0.29) is 11.9 Å². The molecule has 0 amide bonds. The van der Waals surface area contributed by atoms with Crippen molar-refractivity contribution >= 4 is 11.6 Å². The van der Waals surface area contributed by atoms with Gasteiger partial charge in [-0.1, -0.05) is 11.6 Å². The van der Waals surface area contributed by atoms with Crippen LogP contribution in [-0.2, 0) is 13.5 Å². The van der Waals surface area contributed by atoms with E-state index in [4.69, 9.17) is 17.4 Å². The molecule has 4 nitrogen and oxygen atoms in total.